The molecule has 4 aromatic rings. The monoisotopic (exact) mass is 446 g/mol. The van der Waals surface area contributed by atoms with E-state index in [0.29, 0.717) is 21.7 Å². The molecule has 0 spiro atoms. The number of rotatable bonds is 5. The van der Waals surface area contributed by atoms with Gasteiger partial charge in [0.1, 0.15) is 0 Å². The lowest BCUT2D eigenvalue weighted by Gasteiger charge is -2.15. The van der Waals surface area contributed by atoms with E-state index in [1.165, 1.54) is 4.57 Å². The van der Waals surface area contributed by atoms with E-state index in [4.69, 9.17) is 4.42 Å². The summed E-state index contributed by atoms with van der Waals surface area (Å²) in [4.78, 5) is 17.9. The minimum atomic E-state index is -4.72. The van der Waals surface area contributed by atoms with Crippen molar-refractivity contribution in [2.45, 2.75) is 36.9 Å². The van der Waals surface area contributed by atoms with Crippen LogP contribution in [0.1, 0.15) is 36.4 Å². The van der Waals surface area contributed by atoms with E-state index in [9.17, 15) is 18.0 Å². The fraction of sp³-hybridized carbons (Fsp3) is 0.238. The van der Waals surface area contributed by atoms with E-state index in [1.807, 2.05) is 31.2 Å². The van der Waals surface area contributed by atoms with Gasteiger partial charge < -0.3 is 4.42 Å². The van der Waals surface area contributed by atoms with Crippen LogP contribution in [0, 0.1) is 0 Å². The Bertz CT molecular complexity index is 1280. The van der Waals surface area contributed by atoms with Crippen molar-refractivity contribution < 1.29 is 17.6 Å². The van der Waals surface area contributed by atoms with E-state index in [-0.39, 0.29) is 11.4 Å². The number of hydrogen-bond acceptors (Lipinski definition) is 6. The lowest BCUT2D eigenvalue weighted by Crippen LogP contribution is -2.22. The molecule has 0 saturated heterocycles. The van der Waals surface area contributed by atoms with Crippen LogP contribution in [0.5, 0.6) is 0 Å². The molecule has 0 amide bonds. The van der Waals surface area contributed by atoms with E-state index in [1.54, 1.807) is 31.2 Å². The molecule has 0 aliphatic carbocycles. The van der Waals surface area contributed by atoms with Gasteiger partial charge in [0.05, 0.1) is 21.8 Å². The summed E-state index contributed by atoms with van der Waals surface area (Å²) in [6.45, 7) is 3.64. The molecule has 6 nitrogen and oxygen atoms in total. The van der Waals surface area contributed by atoms with Crippen LogP contribution in [0.3, 0.4) is 0 Å². The maximum Gasteiger partial charge on any atom is 0.470 e. The first-order chi connectivity index (χ1) is 14.8. The topological polar surface area (TPSA) is 73.8 Å². The Morgan fingerprint density at radius 3 is 2.45 bits per heavy atom. The Labute approximate surface area is 179 Å². The summed E-state index contributed by atoms with van der Waals surface area (Å²) in [5, 5.41) is 6.67. The SMILES string of the molecule is CCc1ccc(-n2c(S[C@@H](C)c3nnc(C(F)(F)F)o3)nc3ccccc3c2=O)cc1. The summed E-state index contributed by atoms with van der Waals surface area (Å²) < 4.78 is 44.7. The molecule has 160 valence electrons. The third kappa shape index (κ3) is 4.20. The minimum Gasteiger partial charge on any atom is -0.416 e. The molecule has 2 aromatic heterocycles. The van der Waals surface area contributed by atoms with Crippen LogP contribution in [-0.4, -0.2) is 19.7 Å². The molecule has 0 radical (unpaired) electrons. The van der Waals surface area contributed by atoms with E-state index in [0.717, 1.165) is 23.7 Å². The van der Waals surface area contributed by atoms with Crippen LogP contribution in [0.2, 0.25) is 0 Å². The summed E-state index contributed by atoms with van der Waals surface area (Å²) in [6.07, 6.45) is -3.87. The molecule has 0 saturated carbocycles. The maximum absolute atomic E-state index is 13.3. The molecule has 0 aliphatic rings. The zero-order valence-corrected chi connectivity index (χ0v) is 17.4. The number of alkyl halides is 3. The number of aryl methyl sites for hydroxylation is 1. The number of hydrogen-bond donors (Lipinski definition) is 0. The summed E-state index contributed by atoms with van der Waals surface area (Å²) >= 11 is 1.07. The average Bonchev–Trinajstić information content (AvgIpc) is 3.25. The van der Waals surface area contributed by atoms with Gasteiger partial charge >= 0.3 is 12.1 Å². The second kappa shape index (κ2) is 8.18. The zero-order chi connectivity index (χ0) is 22.2. The van der Waals surface area contributed by atoms with Crippen molar-refractivity contribution in [1.82, 2.24) is 19.7 Å². The summed E-state index contributed by atoms with van der Waals surface area (Å²) in [5.41, 5.74) is 1.94. The van der Waals surface area contributed by atoms with Gasteiger partial charge in [-0.3, -0.25) is 9.36 Å². The van der Waals surface area contributed by atoms with Gasteiger partial charge in [-0.25, -0.2) is 4.98 Å². The highest BCUT2D eigenvalue weighted by atomic mass is 32.2. The Balaban J connectivity index is 1.80. The van der Waals surface area contributed by atoms with Crippen molar-refractivity contribution in [3.63, 3.8) is 0 Å². The molecule has 0 aliphatic heterocycles. The van der Waals surface area contributed by atoms with Gasteiger partial charge in [-0.05, 0) is 43.2 Å². The van der Waals surface area contributed by atoms with Crippen LogP contribution in [0.4, 0.5) is 13.2 Å². The fourth-order valence-corrected chi connectivity index (χ4v) is 3.98. The smallest absolute Gasteiger partial charge is 0.416 e. The lowest BCUT2D eigenvalue weighted by molar-refractivity contribution is -0.157. The number of fused-ring (bicyclic) bond motifs is 1. The highest BCUT2D eigenvalue weighted by Gasteiger charge is 2.38. The highest BCUT2D eigenvalue weighted by Crippen LogP contribution is 2.36. The molecular weight excluding hydrogens is 429 g/mol. The normalized spacial score (nSPS) is 12.9. The molecule has 2 aromatic carbocycles. The van der Waals surface area contributed by atoms with Crippen LogP contribution < -0.4 is 5.56 Å². The van der Waals surface area contributed by atoms with E-state index >= 15 is 0 Å². The number of para-hydroxylation sites is 1. The zero-order valence-electron chi connectivity index (χ0n) is 16.6. The summed E-state index contributed by atoms with van der Waals surface area (Å²) in [7, 11) is 0. The Morgan fingerprint density at radius 2 is 1.81 bits per heavy atom. The molecule has 0 fully saturated rings. The molecule has 10 heteroatoms. The predicted octanol–water partition coefficient (Wildman–Crippen LogP) is 5.20. The van der Waals surface area contributed by atoms with Gasteiger partial charge in [0.2, 0.25) is 5.89 Å². The Morgan fingerprint density at radius 1 is 1.10 bits per heavy atom. The van der Waals surface area contributed by atoms with E-state index < -0.39 is 17.3 Å². The maximum atomic E-state index is 13.3. The molecule has 0 unspecified atom stereocenters. The first-order valence-corrected chi connectivity index (χ1v) is 10.3. The van der Waals surface area contributed by atoms with E-state index in [2.05, 4.69) is 15.2 Å². The molecule has 4 rings (SSSR count). The molecule has 0 N–H and O–H groups in total. The number of thioether (sulfide) groups is 1. The molecule has 0 bridgehead atoms. The third-order valence-electron chi connectivity index (χ3n) is 4.66. The van der Waals surface area contributed by atoms with Crippen LogP contribution in [0.15, 0.2) is 62.9 Å². The van der Waals surface area contributed by atoms with Gasteiger partial charge in [-0.1, -0.05) is 43.0 Å². The average molecular weight is 446 g/mol. The first-order valence-electron chi connectivity index (χ1n) is 9.46. The second-order valence-corrected chi connectivity index (χ2v) is 8.08. The Kier molecular flexibility index (Phi) is 5.57. The number of benzene rings is 2. The van der Waals surface area contributed by atoms with Gasteiger partial charge in [0.25, 0.3) is 5.56 Å². The molecular formula is C21H17F3N4O2S. The van der Waals surface area contributed by atoms with Gasteiger partial charge in [-0.2, -0.15) is 13.2 Å². The quantitative estimate of drug-likeness (QED) is 0.310. The third-order valence-corrected chi connectivity index (χ3v) is 5.70. The van der Waals surface area contributed by atoms with Crippen molar-refractivity contribution in [2.24, 2.45) is 0 Å². The standard InChI is InChI=1S/C21H17F3N4O2S/c1-3-13-8-10-14(11-9-13)28-18(29)15-6-4-5-7-16(15)25-20(28)31-12(2)17-26-27-19(30-17)21(22,23)24/h4-12H,3H2,1-2H3/t12-/m0/s1. The van der Waals surface area contributed by atoms with Gasteiger partial charge in [0, 0.05) is 0 Å². The molecule has 31 heavy (non-hydrogen) atoms. The van der Waals surface area contributed by atoms with Crippen molar-refractivity contribution in [3.8, 4) is 5.69 Å². The van der Waals surface area contributed by atoms with Crippen molar-refractivity contribution in [2.75, 3.05) is 0 Å². The first kappa shape index (κ1) is 21.1. The van der Waals surface area contributed by atoms with Crippen LogP contribution >= 0.6 is 11.8 Å². The van der Waals surface area contributed by atoms with Gasteiger partial charge in [-0.15, -0.1) is 10.2 Å². The predicted molar refractivity (Wildman–Crippen MR) is 110 cm³/mol. The summed E-state index contributed by atoms with van der Waals surface area (Å²) in [5.74, 6) is -1.61. The number of halogens is 3. The van der Waals surface area contributed by atoms with Crippen LogP contribution in [0.25, 0.3) is 16.6 Å². The van der Waals surface area contributed by atoms with Crippen molar-refractivity contribution >= 4 is 22.7 Å². The summed E-state index contributed by atoms with van der Waals surface area (Å²) in [6, 6.07) is 14.4. The fourth-order valence-electron chi connectivity index (χ4n) is 3.02. The minimum absolute atomic E-state index is 0.201. The Hall–Kier alpha value is -3.14. The number of nitrogens with zero attached hydrogens (tertiary/aromatic N) is 4. The number of aromatic nitrogens is 4. The second-order valence-electron chi connectivity index (χ2n) is 6.78. The van der Waals surface area contributed by atoms with Crippen molar-refractivity contribution in [1.29, 1.82) is 0 Å². The van der Waals surface area contributed by atoms with Crippen LogP contribution in [-0.2, 0) is 12.6 Å². The largest absolute Gasteiger partial charge is 0.470 e. The van der Waals surface area contributed by atoms with Gasteiger partial charge in [0.15, 0.2) is 5.16 Å². The highest BCUT2D eigenvalue weighted by molar-refractivity contribution is 7.99. The molecule has 1 atom stereocenters. The molecule has 2 heterocycles. The van der Waals surface area contributed by atoms with Crippen molar-refractivity contribution in [3.05, 3.63) is 76.2 Å². The lowest BCUT2D eigenvalue weighted by atomic mass is 10.1.